The highest BCUT2D eigenvalue weighted by atomic mass is 35.5. The molecule has 0 fully saturated rings. The molecule has 0 aliphatic carbocycles. The van der Waals surface area contributed by atoms with E-state index in [1.165, 1.54) is 6.07 Å². The van der Waals surface area contributed by atoms with Crippen LogP contribution < -0.4 is 5.73 Å². The van der Waals surface area contributed by atoms with Gasteiger partial charge in [-0.3, -0.25) is 0 Å². The van der Waals surface area contributed by atoms with Crippen LogP contribution >= 0.6 is 34.7 Å². The maximum atomic E-state index is 10.9. The van der Waals surface area contributed by atoms with Gasteiger partial charge in [-0.2, -0.15) is 4.37 Å². The molecule has 0 aliphatic rings. The van der Waals surface area contributed by atoms with E-state index < -0.39 is 5.97 Å². The van der Waals surface area contributed by atoms with Crippen molar-refractivity contribution in [1.29, 1.82) is 0 Å². The summed E-state index contributed by atoms with van der Waals surface area (Å²) < 4.78 is 4.42. The zero-order valence-electron chi connectivity index (χ0n) is 7.12. The first-order chi connectivity index (χ1) is 7.02. The number of hydrogen-bond donors (Lipinski definition) is 2. The summed E-state index contributed by atoms with van der Waals surface area (Å²) in [4.78, 5) is 10.9. The predicted molar refractivity (Wildman–Crippen MR) is 61.0 cm³/mol. The Balaban J connectivity index is 2.91. The van der Waals surface area contributed by atoms with Crippen LogP contribution in [0.2, 0.25) is 10.0 Å². The third-order valence-electron chi connectivity index (χ3n) is 1.90. The second-order valence-corrected chi connectivity index (χ2v) is 4.36. The molecule has 0 unspecified atom stereocenters. The van der Waals surface area contributed by atoms with Gasteiger partial charge in [0.05, 0.1) is 20.3 Å². The van der Waals surface area contributed by atoms with Crippen molar-refractivity contribution in [3.05, 3.63) is 21.7 Å². The van der Waals surface area contributed by atoms with E-state index in [9.17, 15) is 4.79 Å². The largest absolute Gasteiger partial charge is 0.478 e. The first kappa shape index (κ1) is 10.5. The van der Waals surface area contributed by atoms with Gasteiger partial charge in [-0.15, -0.1) is 0 Å². The van der Waals surface area contributed by atoms with Gasteiger partial charge in [-0.25, -0.2) is 4.79 Å². The normalized spacial score (nSPS) is 10.8. The molecule has 2 aromatic rings. The molecule has 0 aliphatic heterocycles. The SMILES string of the molecule is Nc1nsc2c(Cl)c(C(=O)O)c(Cl)cc12. The van der Waals surface area contributed by atoms with Crippen LogP contribution in [0.4, 0.5) is 5.82 Å². The van der Waals surface area contributed by atoms with E-state index in [-0.39, 0.29) is 15.6 Å². The maximum absolute atomic E-state index is 10.9. The van der Waals surface area contributed by atoms with Crippen molar-refractivity contribution in [2.45, 2.75) is 0 Å². The van der Waals surface area contributed by atoms with Crippen LogP contribution in [-0.4, -0.2) is 15.4 Å². The summed E-state index contributed by atoms with van der Waals surface area (Å²) in [6.45, 7) is 0. The third-order valence-corrected chi connectivity index (χ3v) is 3.58. The van der Waals surface area contributed by atoms with E-state index >= 15 is 0 Å². The van der Waals surface area contributed by atoms with E-state index in [1.807, 2.05) is 0 Å². The molecule has 1 heterocycles. The second kappa shape index (κ2) is 3.52. The van der Waals surface area contributed by atoms with Gasteiger partial charge in [-0.05, 0) is 17.6 Å². The number of carboxylic acids is 1. The Morgan fingerprint density at radius 3 is 2.80 bits per heavy atom. The molecule has 0 saturated carbocycles. The van der Waals surface area contributed by atoms with E-state index in [0.717, 1.165) is 11.5 Å². The first-order valence-electron chi connectivity index (χ1n) is 3.78. The van der Waals surface area contributed by atoms with Gasteiger partial charge in [0, 0.05) is 5.39 Å². The van der Waals surface area contributed by atoms with Crippen LogP contribution in [0.5, 0.6) is 0 Å². The third kappa shape index (κ3) is 1.52. The second-order valence-electron chi connectivity index (χ2n) is 2.80. The Kier molecular flexibility index (Phi) is 2.46. The molecule has 0 spiro atoms. The highest BCUT2D eigenvalue weighted by Gasteiger charge is 2.19. The monoisotopic (exact) mass is 262 g/mol. The Morgan fingerprint density at radius 1 is 1.53 bits per heavy atom. The molecule has 15 heavy (non-hydrogen) atoms. The molecule has 0 atom stereocenters. The summed E-state index contributed by atoms with van der Waals surface area (Å²) in [6, 6.07) is 1.46. The Hall–Kier alpha value is -1.04. The number of nitrogens with zero attached hydrogens (tertiary/aromatic N) is 1. The van der Waals surface area contributed by atoms with Crippen LogP contribution in [0.1, 0.15) is 10.4 Å². The van der Waals surface area contributed by atoms with E-state index in [4.69, 9.17) is 34.0 Å². The van der Waals surface area contributed by atoms with E-state index in [0.29, 0.717) is 15.9 Å². The van der Waals surface area contributed by atoms with Crippen LogP contribution in [0.3, 0.4) is 0 Å². The topological polar surface area (TPSA) is 76.2 Å². The summed E-state index contributed by atoms with van der Waals surface area (Å²) in [5.74, 6) is -0.866. The summed E-state index contributed by atoms with van der Waals surface area (Å²) in [5.41, 5.74) is 5.46. The number of rotatable bonds is 1. The van der Waals surface area contributed by atoms with Crippen LogP contribution in [-0.2, 0) is 0 Å². The number of aromatic nitrogens is 1. The van der Waals surface area contributed by atoms with Gasteiger partial charge in [0.2, 0.25) is 0 Å². The van der Waals surface area contributed by atoms with Crippen molar-refractivity contribution >= 4 is 56.6 Å². The average molecular weight is 263 g/mol. The zero-order valence-corrected chi connectivity index (χ0v) is 9.45. The minimum Gasteiger partial charge on any atom is -0.478 e. The van der Waals surface area contributed by atoms with Gasteiger partial charge >= 0.3 is 5.97 Å². The minimum atomic E-state index is -1.17. The fourth-order valence-corrected chi connectivity index (χ4v) is 2.67. The van der Waals surface area contributed by atoms with Gasteiger partial charge in [0.1, 0.15) is 5.82 Å². The Labute approximate surface area is 98.4 Å². The van der Waals surface area contributed by atoms with E-state index in [1.54, 1.807) is 0 Å². The predicted octanol–water partition coefficient (Wildman–Crippen LogP) is 2.88. The molecule has 0 amide bonds. The number of nitrogen functional groups attached to an aromatic ring is 1. The van der Waals surface area contributed by atoms with Gasteiger partial charge in [-0.1, -0.05) is 23.2 Å². The Morgan fingerprint density at radius 2 is 2.20 bits per heavy atom. The van der Waals surface area contributed by atoms with Crippen molar-refractivity contribution in [1.82, 2.24) is 4.37 Å². The number of benzene rings is 1. The molecule has 2 rings (SSSR count). The number of anilines is 1. The highest BCUT2D eigenvalue weighted by Crippen LogP contribution is 2.37. The lowest BCUT2D eigenvalue weighted by Crippen LogP contribution is -1.98. The first-order valence-corrected chi connectivity index (χ1v) is 5.31. The molecule has 1 aromatic heterocycles. The molecule has 0 bridgehead atoms. The molecular formula is C8H4Cl2N2O2S. The standard InChI is InChI=1S/C8H4Cl2N2O2S/c9-3-1-2-6(15-12-7(2)11)5(10)4(3)8(13)14/h1H,(H2,11,12)(H,13,14). The van der Waals surface area contributed by atoms with E-state index in [2.05, 4.69) is 4.37 Å². The number of carbonyl (C=O) groups is 1. The molecule has 4 nitrogen and oxygen atoms in total. The lowest BCUT2D eigenvalue weighted by Gasteiger charge is -2.02. The van der Waals surface area contributed by atoms with Crippen LogP contribution in [0.25, 0.3) is 10.1 Å². The number of carboxylic acid groups (broad SMARTS) is 1. The van der Waals surface area contributed by atoms with Crippen molar-refractivity contribution < 1.29 is 9.90 Å². The quantitative estimate of drug-likeness (QED) is 0.829. The summed E-state index contributed by atoms with van der Waals surface area (Å²) >= 11 is 12.7. The highest BCUT2D eigenvalue weighted by molar-refractivity contribution is 7.14. The molecule has 1 aromatic carbocycles. The zero-order chi connectivity index (χ0) is 11.2. The van der Waals surface area contributed by atoms with Crippen LogP contribution in [0.15, 0.2) is 6.07 Å². The average Bonchev–Trinajstić information content (AvgIpc) is 2.47. The molecule has 7 heteroatoms. The molecule has 78 valence electrons. The summed E-state index contributed by atoms with van der Waals surface area (Å²) in [6.07, 6.45) is 0. The van der Waals surface area contributed by atoms with Gasteiger partial charge in [0.25, 0.3) is 0 Å². The molecule has 3 N–H and O–H groups in total. The van der Waals surface area contributed by atoms with Crippen LogP contribution in [0, 0.1) is 0 Å². The Bertz CT molecular complexity index is 567. The number of hydrogen-bond acceptors (Lipinski definition) is 4. The van der Waals surface area contributed by atoms with Gasteiger partial charge < -0.3 is 10.8 Å². The minimum absolute atomic E-state index is 0.0619. The fraction of sp³-hybridized carbons (Fsp3) is 0. The smallest absolute Gasteiger partial charge is 0.338 e. The fourth-order valence-electron chi connectivity index (χ4n) is 1.22. The number of aromatic carboxylic acids is 1. The van der Waals surface area contributed by atoms with Crippen molar-refractivity contribution in [3.63, 3.8) is 0 Å². The van der Waals surface area contributed by atoms with Crippen molar-refractivity contribution in [2.24, 2.45) is 0 Å². The van der Waals surface area contributed by atoms with Crippen molar-refractivity contribution in [2.75, 3.05) is 5.73 Å². The van der Waals surface area contributed by atoms with Gasteiger partial charge in [0.15, 0.2) is 0 Å². The lowest BCUT2D eigenvalue weighted by atomic mass is 10.2. The molecule has 0 saturated heterocycles. The number of halogens is 2. The molecular weight excluding hydrogens is 259 g/mol. The lowest BCUT2D eigenvalue weighted by molar-refractivity contribution is 0.0697. The number of fused-ring (bicyclic) bond motifs is 1. The molecule has 0 radical (unpaired) electrons. The maximum Gasteiger partial charge on any atom is 0.338 e. The van der Waals surface area contributed by atoms with Crippen molar-refractivity contribution in [3.8, 4) is 0 Å². The number of nitrogens with two attached hydrogens (primary N) is 1. The summed E-state index contributed by atoms with van der Waals surface area (Å²) in [5, 5.41) is 9.62. The summed E-state index contributed by atoms with van der Waals surface area (Å²) in [7, 11) is 0.